The third kappa shape index (κ3) is 2.91. The largest absolute Gasteiger partial charge is 0.478 e. The molecule has 1 aromatic carbocycles. The summed E-state index contributed by atoms with van der Waals surface area (Å²) in [5.74, 6) is -0.478. The van der Waals surface area contributed by atoms with Crippen molar-refractivity contribution in [2.75, 3.05) is 17.6 Å². The highest BCUT2D eigenvalue weighted by atomic mass is 32.2. The Hall–Kier alpha value is -1.23. The fourth-order valence-electron chi connectivity index (χ4n) is 1.90. The first-order valence-corrected chi connectivity index (χ1v) is 6.60. The monoisotopic (exact) mass is 255 g/mol. The Labute approximate surface area is 103 Å². The first-order valence-electron chi connectivity index (χ1n) is 5.56. The van der Waals surface area contributed by atoms with Crippen LogP contribution >= 0.6 is 11.8 Å². The van der Waals surface area contributed by atoms with Crippen LogP contribution in [0.1, 0.15) is 23.2 Å². The SMILES string of the molecule is O=C(O)c1cccc(F)c1NCC1CCCS1. The van der Waals surface area contributed by atoms with Crippen molar-refractivity contribution >= 4 is 23.4 Å². The van der Waals surface area contributed by atoms with E-state index in [0.717, 1.165) is 12.2 Å². The Morgan fingerprint density at radius 1 is 1.59 bits per heavy atom. The van der Waals surface area contributed by atoms with Crippen LogP contribution in [-0.2, 0) is 0 Å². The summed E-state index contributed by atoms with van der Waals surface area (Å²) in [6.07, 6.45) is 2.29. The molecule has 5 heteroatoms. The third-order valence-corrected chi connectivity index (χ3v) is 4.17. The van der Waals surface area contributed by atoms with Crippen molar-refractivity contribution in [2.45, 2.75) is 18.1 Å². The number of halogens is 1. The van der Waals surface area contributed by atoms with Gasteiger partial charge in [0.1, 0.15) is 5.82 Å². The lowest BCUT2D eigenvalue weighted by molar-refractivity contribution is 0.0697. The lowest BCUT2D eigenvalue weighted by atomic mass is 10.1. The number of benzene rings is 1. The van der Waals surface area contributed by atoms with Crippen molar-refractivity contribution in [3.8, 4) is 0 Å². The Bertz CT molecular complexity index is 419. The molecule has 1 heterocycles. The average Bonchev–Trinajstić information content (AvgIpc) is 2.80. The van der Waals surface area contributed by atoms with Gasteiger partial charge in [0.2, 0.25) is 0 Å². The van der Waals surface area contributed by atoms with Crippen LogP contribution in [0.2, 0.25) is 0 Å². The van der Waals surface area contributed by atoms with Gasteiger partial charge in [0.25, 0.3) is 0 Å². The molecule has 2 N–H and O–H groups in total. The lowest BCUT2D eigenvalue weighted by Gasteiger charge is -2.13. The summed E-state index contributed by atoms with van der Waals surface area (Å²) < 4.78 is 13.6. The van der Waals surface area contributed by atoms with E-state index in [1.807, 2.05) is 11.8 Å². The Balaban J connectivity index is 2.10. The van der Waals surface area contributed by atoms with Crippen LogP contribution in [0, 0.1) is 5.82 Å². The summed E-state index contributed by atoms with van der Waals surface area (Å²) >= 11 is 1.85. The molecule has 0 aliphatic carbocycles. The number of nitrogens with one attached hydrogen (secondary N) is 1. The molecule has 1 aliphatic rings. The van der Waals surface area contributed by atoms with Gasteiger partial charge in [-0.25, -0.2) is 9.18 Å². The molecule has 0 amide bonds. The highest BCUT2D eigenvalue weighted by molar-refractivity contribution is 8.00. The molecule has 1 saturated heterocycles. The molecule has 0 radical (unpaired) electrons. The molecule has 1 unspecified atom stereocenters. The lowest BCUT2D eigenvalue weighted by Crippen LogP contribution is -2.16. The number of hydrogen-bond acceptors (Lipinski definition) is 3. The molecule has 0 spiro atoms. The maximum atomic E-state index is 13.6. The molecule has 0 aromatic heterocycles. The molecule has 1 aliphatic heterocycles. The zero-order valence-electron chi connectivity index (χ0n) is 9.28. The number of para-hydroxylation sites is 1. The number of thioether (sulfide) groups is 1. The molecular formula is C12H14FNO2S. The van der Waals surface area contributed by atoms with Gasteiger partial charge in [0.15, 0.2) is 0 Å². The van der Waals surface area contributed by atoms with Crippen LogP contribution in [0.4, 0.5) is 10.1 Å². The smallest absolute Gasteiger partial charge is 0.337 e. The molecule has 1 aromatic rings. The molecule has 1 fully saturated rings. The normalized spacial score (nSPS) is 19.2. The fraction of sp³-hybridized carbons (Fsp3) is 0.417. The topological polar surface area (TPSA) is 49.3 Å². The predicted molar refractivity (Wildman–Crippen MR) is 67.3 cm³/mol. The molecule has 17 heavy (non-hydrogen) atoms. The van der Waals surface area contributed by atoms with E-state index in [1.54, 1.807) is 0 Å². The van der Waals surface area contributed by atoms with Gasteiger partial charge in [-0.05, 0) is 30.7 Å². The third-order valence-electron chi connectivity index (χ3n) is 2.77. The number of anilines is 1. The quantitative estimate of drug-likeness (QED) is 0.868. The summed E-state index contributed by atoms with van der Waals surface area (Å²) in [4.78, 5) is 11.0. The van der Waals surface area contributed by atoms with E-state index >= 15 is 0 Å². The van der Waals surface area contributed by atoms with Crippen LogP contribution < -0.4 is 5.32 Å². The maximum Gasteiger partial charge on any atom is 0.337 e. The van der Waals surface area contributed by atoms with Crippen LogP contribution in [0.5, 0.6) is 0 Å². The standard InChI is InChI=1S/C12H14FNO2S/c13-10-5-1-4-9(12(15)16)11(10)14-7-8-3-2-6-17-8/h1,4-5,8,14H,2-3,6-7H2,(H,15,16). The highest BCUT2D eigenvalue weighted by Crippen LogP contribution is 2.27. The van der Waals surface area contributed by atoms with Crippen molar-refractivity contribution in [3.05, 3.63) is 29.6 Å². The molecule has 0 saturated carbocycles. The van der Waals surface area contributed by atoms with E-state index in [1.165, 1.54) is 24.6 Å². The van der Waals surface area contributed by atoms with Gasteiger partial charge in [-0.2, -0.15) is 11.8 Å². The van der Waals surface area contributed by atoms with E-state index in [4.69, 9.17) is 5.11 Å². The minimum absolute atomic E-state index is 0.00648. The van der Waals surface area contributed by atoms with Crippen LogP contribution in [0.25, 0.3) is 0 Å². The first kappa shape index (κ1) is 12.2. The maximum absolute atomic E-state index is 13.6. The number of hydrogen-bond donors (Lipinski definition) is 2. The zero-order chi connectivity index (χ0) is 12.3. The van der Waals surface area contributed by atoms with Crippen molar-refractivity contribution in [1.29, 1.82) is 0 Å². The van der Waals surface area contributed by atoms with Crippen LogP contribution in [-0.4, -0.2) is 28.6 Å². The molecule has 92 valence electrons. The molecular weight excluding hydrogens is 241 g/mol. The van der Waals surface area contributed by atoms with Gasteiger partial charge in [0.05, 0.1) is 11.3 Å². The average molecular weight is 255 g/mol. The van der Waals surface area contributed by atoms with Crippen molar-refractivity contribution in [3.63, 3.8) is 0 Å². The van der Waals surface area contributed by atoms with E-state index in [0.29, 0.717) is 11.8 Å². The molecule has 1 atom stereocenters. The van der Waals surface area contributed by atoms with Crippen molar-refractivity contribution < 1.29 is 14.3 Å². The molecule has 0 bridgehead atoms. The first-order chi connectivity index (χ1) is 8.18. The van der Waals surface area contributed by atoms with Gasteiger partial charge in [-0.15, -0.1) is 0 Å². The minimum Gasteiger partial charge on any atom is -0.478 e. The second kappa shape index (κ2) is 5.40. The Kier molecular flexibility index (Phi) is 3.89. The number of carboxylic acids is 1. The number of carbonyl (C=O) groups is 1. The Morgan fingerprint density at radius 2 is 2.41 bits per heavy atom. The Morgan fingerprint density at radius 3 is 3.06 bits per heavy atom. The summed E-state index contributed by atoms with van der Waals surface area (Å²) in [5, 5.41) is 12.4. The highest BCUT2D eigenvalue weighted by Gasteiger charge is 2.18. The minimum atomic E-state index is -1.11. The summed E-state index contributed by atoms with van der Waals surface area (Å²) in [5.41, 5.74) is 0.0977. The van der Waals surface area contributed by atoms with Gasteiger partial charge >= 0.3 is 5.97 Å². The number of rotatable bonds is 4. The van der Waals surface area contributed by atoms with Gasteiger partial charge in [0, 0.05) is 11.8 Å². The predicted octanol–water partition coefficient (Wildman–Crippen LogP) is 2.83. The summed E-state index contributed by atoms with van der Waals surface area (Å²) in [6.45, 7) is 0.617. The van der Waals surface area contributed by atoms with Gasteiger partial charge < -0.3 is 10.4 Å². The molecule has 2 rings (SSSR count). The second-order valence-corrected chi connectivity index (χ2v) is 5.39. The van der Waals surface area contributed by atoms with Crippen molar-refractivity contribution in [1.82, 2.24) is 0 Å². The second-order valence-electron chi connectivity index (χ2n) is 3.98. The number of carboxylic acid groups (broad SMARTS) is 1. The summed E-state index contributed by atoms with van der Waals surface area (Å²) in [6, 6.07) is 4.10. The number of aromatic carboxylic acids is 1. The van der Waals surface area contributed by atoms with E-state index in [9.17, 15) is 9.18 Å². The fourth-order valence-corrected chi connectivity index (χ4v) is 3.10. The summed E-state index contributed by atoms with van der Waals surface area (Å²) in [7, 11) is 0. The van der Waals surface area contributed by atoms with E-state index in [-0.39, 0.29) is 11.3 Å². The van der Waals surface area contributed by atoms with E-state index in [2.05, 4.69) is 5.32 Å². The van der Waals surface area contributed by atoms with Crippen LogP contribution in [0.3, 0.4) is 0 Å². The van der Waals surface area contributed by atoms with Gasteiger partial charge in [-0.3, -0.25) is 0 Å². The van der Waals surface area contributed by atoms with Crippen LogP contribution in [0.15, 0.2) is 18.2 Å². The zero-order valence-corrected chi connectivity index (χ0v) is 10.1. The van der Waals surface area contributed by atoms with Crippen molar-refractivity contribution in [2.24, 2.45) is 0 Å². The van der Waals surface area contributed by atoms with E-state index < -0.39 is 11.8 Å². The molecule has 3 nitrogen and oxygen atoms in total. The van der Waals surface area contributed by atoms with Gasteiger partial charge in [-0.1, -0.05) is 6.07 Å².